The summed E-state index contributed by atoms with van der Waals surface area (Å²) in [5, 5.41) is 14.1. The summed E-state index contributed by atoms with van der Waals surface area (Å²) in [6, 6.07) is 4.73. The Hall–Kier alpha value is -2.57. The fraction of sp³-hybridized carbons (Fsp3) is 0.308. The zero-order valence-electron chi connectivity index (χ0n) is 11.3. The minimum Gasteiger partial charge on any atom is -0.484 e. The molecule has 1 heterocycles. The predicted molar refractivity (Wildman–Crippen MR) is 74.8 cm³/mol. The van der Waals surface area contributed by atoms with Gasteiger partial charge in [0.15, 0.2) is 5.75 Å². The maximum absolute atomic E-state index is 11.0. The molecule has 7 heteroatoms. The van der Waals surface area contributed by atoms with Crippen molar-refractivity contribution in [3.05, 3.63) is 46.5 Å². The van der Waals surface area contributed by atoms with E-state index in [0.29, 0.717) is 6.54 Å². The molecular formula is C13H16N4O3. The first-order valence-electron chi connectivity index (χ1n) is 6.22. The maximum atomic E-state index is 11.0. The zero-order valence-corrected chi connectivity index (χ0v) is 11.3. The van der Waals surface area contributed by atoms with Crippen molar-refractivity contribution >= 4 is 11.4 Å². The number of benzene rings is 1. The summed E-state index contributed by atoms with van der Waals surface area (Å²) in [6.07, 6.45) is 3.18. The van der Waals surface area contributed by atoms with E-state index < -0.39 is 4.92 Å². The Kier molecular flexibility index (Phi) is 4.19. The van der Waals surface area contributed by atoms with Crippen molar-refractivity contribution < 1.29 is 9.66 Å². The van der Waals surface area contributed by atoms with Crippen LogP contribution in [0.4, 0.5) is 11.4 Å². The lowest BCUT2D eigenvalue weighted by Crippen LogP contribution is -2.08. The third-order valence-corrected chi connectivity index (χ3v) is 2.56. The molecule has 0 saturated carbocycles. The molecule has 0 bridgehead atoms. The van der Waals surface area contributed by atoms with Crippen molar-refractivity contribution in [3.63, 3.8) is 0 Å². The van der Waals surface area contributed by atoms with Crippen molar-refractivity contribution in [3.8, 4) is 5.75 Å². The van der Waals surface area contributed by atoms with Gasteiger partial charge < -0.3 is 15.0 Å². The van der Waals surface area contributed by atoms with E-state index in [1.54, 1.807) is 24.7 Å². The van der Waals surface area contributed by atoms with E-state index in [2.05, 4.69) is 15.3 Å². The lowest BCUT2D eigenvalue weighted by molar-refractivity contribution is -0.386. The summed E-state index contributed by atoms with van der Waals surface area (Å²) in [7, 11) is 0. The number of nitro benzene ring substituents is 1. The van der Waals surface area contributed by atoms with Crippen LogP contribution < -0.4 is 10.1 Å². The topological polar surface area (TPSA) is 93.1 Å². The Bertz CT molecular complexity index is 581. The zero-order chi connectivity index (χ0) is 14.5. The average molecular weight is 276 g/mol. The molecule has 0 aliphatic rings. The average Bonchev–Trinajstić information content (AvgIpc) is 2.88. The number of H-pyrrole nitrogens is 1. The van der Waals surface area contributed by atoms with E-state index in [-0.39, 0.29) is 17.5 Å². The van der Waals surface area contributed by atoms with E-state index in [9.17, 15) is 10.1 Å². The molecule has 2 rings (SSSR count). The van der Waals surface area contributed by atoms with Gasteiger partial charge in [0, 0.05) is 24.0 Å². The van der Waals surface area contributed by atoms with Crippen molar-refractivity contribution in [1.29, 1.82) is 0 Å². The second-order valence-electron chi connectivity index (χ2n) is 4.54. The van der Waals surface area contributed by atoms with Gasteiger partial charge in [-0.3, -0.25) is 10.1 Å². The third kappa shape index (κ3) is 3.47. The van der Waals surface area contributed by atoms with Gasteiger partial charge in [-0.1, -0.05) is 0 Å². The highest BCUT2D eigenvalue weighted by molar-refractivity contribution is 5.58. The molecule has 2 aromatic rings. The monoisotopic (exact) mass is 276 g/mol. The fourth-order valence-electron chi connectivity index (χ4n) is 1.70. The van der Waals surface area contributed by atoms with Gasteiger partial charge in [-0.25, -0.2) is 4.98 Å². The van der Waals surface area contributed by atoms with Crippen LogP contribution in [0.1, 0.15) is 19.5 Å². The molecule has 106 valence electrons. The number of nitro groups is 1. The molecular weight excluding hydrogens is 260 g/mol. The number of imidazole rings is 1. The molecule has 2 N–H and O–H groups in total. The molecule has 0 saturated heterocycles. The van der Waals surface area contributed by atoms with Crippen LogP contribution in [0, 0.1) is 10.1 Å². The number of hydrogen-bond acceptors (Lipinski definition) is 5. The van der Waals surface area contributed by atoms with Gasteiger partial charge in [0.2, 0.25) is 0 Å². The Morgan fingerprint density at radius 3 is 2.90 bits per heavy atom. The SMILES string of the molecule is CC(C)Oc1cc(NCc2cnc[nH]2)ccc1[N+](=O)[O-]. The fourth-order valence-corrected chi connectivity index (χ4v) is 1.70. The highest BCUT2D eigenvalue weighted by atomic mass is 16.6. The van der Waals surface area contributed by atoms with Crippen molar-refractivity contribution in [2.75, 3.05) is 5.32 Å². The van der Waals surface area contributed by atoms with Crippen LogP contribution in [0.15, 0.2) is 30.7 Å². The lowest BCUT2D eigenvalue weighted by Gasteiger charge is -2.12. The van der Waals surface area contributed by atoms with Crippen molar-refractivity contribution in [2.45, 2.75) is 26.5 Å². The molecule has 0 radical (unpaired) electrons. The van der Waals surface area contributed by atoms with Crippen LogP contribution in [0.3, 0.4) is 0 Å². The molecule has 0 fully saturated rings. The number of nitrogens with zero attached hydrogens (tertiary/aromatic N) is 2. The summed E-state index contributed by atoms with van der Waals surface area (Å²) < 4.78 is 5.48. The quantitative estimate of drug-likeness (QED) is 0.625. The number of ether oxygens (including phenoxy) is 1. The molecule has 0 unspecified atom stereocenters. The number of aromatic amines is 1. The van der Waals surface area contributed by atoms with Crippen LogP contribution in [0.25, 0.3) is 0 Å². The number of nitrogens with one attached hydrogen (secondary N) is 2. The highest BCUT2D eigenvalue weighted by Crippen LogP contribution is 2.31. The lowest BCUT2D eigenvalue weighted by atomic mass is 10.2. The van der Waals surface area contributed by atoms with Gasteiger partial charge in [-0.15, -0.1) is 0 Å². The summed E-state index contributed by atoms with van der Waals surface area (Å²) in [6.45, 7) is 4.21. The Morgan fingerprint density at radius 1 is 1.50 bits per heavy atom. The molecule has 20 heavy (non-hydrogen) atoms. The normalized spacial score (nSPS) is 10.6. The summed E-state index contributed by atoms with van der Waals surface area (Å²) in [4.78, 5) is 17.4. The molecule has 0 amide bonds. The summed E-state index contributed by atoms with van der Waals surface area (Å²) in [5.41, 5.74) is 1.64. The number of aromatic nitrogens is 2. The largest absolute Gasteiger partial charge is 0.484 e. The minimum absolute atomic E-state index is 0.0363. The Morgan fingerprint density at radius 2 is 2.30 bits per heavy atom. The molecule has 1 aromatic carbocycles. The predicted octanol–water partition coefficient (Wildman–Crippen LogP) is 2.72. The number of hydrogen-bond donors (Lipinski definition) is 2. The molecule has 0 atom stereocenters. The minimum atomic E-state index is -0.448. The van der Waals surface area contributed by atoms with E-state index in [1.165, 1.54) is 6.07 Å². The first kappa shape index (κ1) is 13.9. The molecule has 0 aliphatic heterocycles. The smallest absolute Gasteiger partial charge is 0.311 e. The van der Waals surface area contributed by atoms with Gasteiger partial charge in [-0.05, 0) is 19.9 Å². The van der Waals surface area contributed by atoms with Crippen LogP contribution in [0.5, 0.6) is 5.75 Å². The van der Waals surface area contributed by atoms with E-state index in [1.807, 2.05) is 13.8 Å². The first-order chi connectivity index (χ1) is 9.56. The van der Waals surface area contributed by atoms with E-state index in [0.717, 1.165) is 11.4 Å². The van der Waals surface area contributed by atoms with Gasteiger partial charge in [0.1, 0.15) is 0 Å². The Labute approximate surface area is 116 Å². The van der Waals surface area contributed by atoms with Crippen LogP contribution in [0.2, 0.25) is 0 Å². The van der Waals surface area contributed by atoms with Crippen molar-refractivity contribution in [1.82, 2.24) is 9.97 Å². The van der Waals surface area contributed by atoms with E-state index in [4.69, 9.17) is 4.74 Å². The molecule has 0 spiro atoms. The highest BCUT2D eigenvalue weighted by Gasteiger charge is 2.16. The number of rotatable bonds is 6. The van der Waals surface area contributed by atoms with Crippen LogP contribution in [-0.2, 0) is 6.54 Å². The number of anilines is 1. The van der Waals surface area contributed by atoms with Crippen LogP contribution in [-0.4, -0.2) is 21.0 Å². The van der Waals surface area contributed by atoms with Crippen LogP contribution >= 0.6 is 0 Å². The van der Waals surface area contributed by atoms with Gasteiger partial charge in [0.25, 0.3) is 0 Å². The third-order valence-electron chi connectivity index (χ3n) is 2.56. The standard InChI is InChI=1S/C13H16N4O3/c1-9(2)20-13-5-10(3-4-12(13)17(18)19)15-7-11-6-14-8-16-11/h3-6,8-9,15H,7H2,1-2H3,(H,14,16). The second-order valence-corrected chi connectivity index (χ2v) is 4.54. The van der Waals surface area contributed by atoms with Gasteiger partial charge >= 0.3 is 5.69 Å². The Balaban J connectivity index is 2.15. The maximum Gasteiger partial charge on any atom is 0.311 e. The van der Waals surface area contributed by atoms with Gasteiger partial charge in [-0.2, -0.15) is 0 Å². The first-order valence-corrected chi connectivity index (χ1v) is 6.22. The van der Waals surface area contributed by atoms with E-state index >= 15 is 0 Å². The molecule has 1 aromatic heterocycles. The summed E-state index contributed by atoms with van der Waals surface area (Å²) in [5.74, 6) is 0.264. The molecule has 7 nitrogen and oxygen atoms in total. The second kappa shape index (κ2) is 6.05. The van der Waals surface area contributed by atoms with Gasteiger partial charge in [0.05, 0.1) is 29.6 Å². The summed E-state index contributed by atoms with van der Waals surface area (Å²) >= 11 is 0. The molecule has 0 aliphatic carbocycles. The van der Waals surface area contributed by atoms with Crippen molar-refractivity contribution in [2.24, 2.45) is 0 Å².